The second kappa shape index (κ2) is 3.48. The lowest BCUT2D eigenvalue weighted by Crippen LogP contribution is -1.78. The molecule has 0 saturated carbocycles. The molecule has 0 atom stereocenters. The van der Waals surface area contributed by atoms with Gasteiger partial charge in [0.05, 0.1) is 0 Å². The minimum atomic E-state index is -0.0278. The molecule has 0 unspecified atom stereocenters. The Morgan fingerprint density at radius 1 is 2.00 bits per heavy atom. The van der Waals surface area contributed by atoms with E-state index in [0.29, 0.717) is 0 Å². The van der Waals surface area contributed by atoms with E-state index in [4.69, 9.17) is 5.26 Å². The van der Waals surface area contributed by atoms with Crippen LogP contribution in [0.1, 0.15) is 0 Å². The first kappa shape index (κ1) is 4.48. The van der Waals surface area contributed by atoms with Crippen molar-refractivity contribution >= 4 is 0 Å². The largest absolute Gasteiger partial charge is 0.251 e. The van der Waals surface area contributed by atoms with Gasteiger partial charge < -0.3 is 0 Å². The highest BCUT2D eigenvalue weighted by molar-refractivity contribution is 4.81. The van der Waals surface area contributed by atoms with Gasteiger partial charge in [-0.3, -0.25) is 5.26 Å². The molecular weight excluding hydrogens is 68.0 g/mol. The molecule has 0 aromatic heterocycles. The Balaban J connectivity index is 2.48. The van der Waals surface area contributed by atoms with E-state index < -0.39 is 0 Å². The lowest BCUT2D eigenvalue weighted by Gasteiger charge is -1.74. The zero-order valence-electron chi connectivity index (χ0n) is 2.64. The summed E-state index contributed by atoms with van der Waals surface area (Å²) in [7, 11) is 0. The molecule has 0 aromatic rings. The Morgan fingerprint density at radius 2 is 2.60 bits per heavy atom. The van der Waals surface area contributed by atoms with Gasteiger partial charge in [-0.2, -0.15) is 0 Å². The van der Waals surface area contributed by atoms with Crippen LogP contribution in [0.15, 0.2) is 0 Å². The van der Waals surface area contributed by atoms with E-state index in [2.05, 4.69) is 11.3 Å². The Hall–Kier alpha value is -0.520. The number of rotatable bonds is 1. The second-order valence-electron chi connectivity index (χ2n) is 0.478. The molecule has 1 N–H and O–H groups in total. The topological polar surface area (TPSA) is 29.5 Å². The van der Waals surface area contributed by atoms with Crippen molar-refractivity contribution in [2.24, 2.45) is 0 Å². The predicted molar refractivity (Wildman–Crippen MR) is 17.4 cm³/mol. The van der Waals surface area contributed by atoms with Gasteiger partial charge in [0.2, 0.25) is 0 Å². The van der Waals surface area contributed by atoms with E-state index in [1.54, 1.807) is 0 Å². The minimum Gasteiger partial charge on any atom is -0.251 e. The standard InChI is InChI=1S/C3H4O2/c1-2-3-5-4/h1,4H,3H2. The fourth-order valence-electron chi connectivity index (χ4n) is 0.0373. The number of hydrogen-bond acceptors (Lipinski definition) is 2. The van der Waals surface area contributed by atoms with Crippen molar-refractivity contribution in [2.75, 3.05) is 6.61 Å². The zero-order valence-corrected chi connectivity index (χ0v) is 2.64. The first-order valence-corrected chi connectivity index (χ1v) is 1.11. The van der Waals surface area contributed by atoms with E-state index in [-0.39, 0.29) is 6.61 Å². The second-order valence-corrected chi connectivity index (χ2v) is 0.478. The van der Waals surface area contributed by atoms with Crippen LogP contribution in [0.2, 0.25) is 0 Å². The van der Waals surface area contributed by atoms with Crippen molar-refractivity contribution < 1.29 is 10.1 Å². The molecule has 0 amide bonds. The highest BCUT2D eigenvalue weighted by atomic mass is 17.1. The van der Waals surface area contributed by atoms with Crippen LogP contribution < -0.4 is 0 Å². The third-order valence-electron chi connectivity index (χ3n) is 0.148. The van der Waals surface area contributed by atoms with E-state index >= 15 is 0 Å². The maximum Gasteiger partial charge on any atom is 0.142 e. The van der Waals surface area contributed by atoms with Crippen LogP contribution in [0, 0.1) is 12.3 Å². The van der Waals surface area contributed by atoms with Gasteiger partial charge in [-0.05, 0) is 0 Å². The van der Waals surface area contributed by atoms with E-state index in [9.17, 15) is 0 Å². The molecule has 0 heterocycles. The SMILES string of the molecule is C#CCOO. The van der Waals surface area contributed by atoms with Crippen LogP contribution in [-0.4, -0.2) is 11.9 Å². The highest BCUT2D eigenvalue weighted by Gasteiger charge is 1.60. The van der Waals surface area contributed by atoms with Gasteiger partial charge in [0.15, 0.2) is 0 Å². The maximum absolute atomic E-state index is 7.42. The summed E-state index contributed by atoms with van der Waals surface area (Å²) >= 11 is 0. The summed E-state index contributed by atoms with van der Waals surface area (Å²) in [6.45, 7) is -0.0278. The van der Waals surface area contributed by atoms with Crippen molar-refractivity contribution in [3.05, 3.63) is 0 Å². The van der Waals surface area contributed by atoms with Crippen LogP contribution >= 0.6 is 0 Å². The van der Waals surface area contributed by atoms with Gasteiger partial charge in [-0.15, -0.1) is 6.42 Å². The summed E-state index contributed by atoms with van der Waals surface area (Å²) < 4.78 is 0. The van der Waals surface area contributed by atoms with Gasteiger partial charge >= 0.3 is 0 Å². The van der Waals surface area contributed by atoms with Crippen molar-refractivity contribution in [1.29, 1.82) is 0 Å². The van der Waals surface area contributed by atoms with E-state index in [1.165, 1.54) is 0 Å². The predicted octanol–water partition coefficient (Wildman–Crippen LogP) is 0.109. The first-order chi connectivity index (χ1) is 2.41. The molecule has 0 bridgehead atoms. The molecule has 0 aliphatic carbocycles. The summed E-state index contributed by atoms with van der Waals surface area (Å²) in [4.78, 5) is 3.45. The molecule has 0 saturated heterocycles. The Bertz CT molecular complexity index is 43.3. The van der Waals surface area contributed by atoms with Crippen molar-refractivity contribution in [3.8, 4) is 12.3 Å². The van der Waals surface area contributed by atoms with Crippen LogP contribution in [-0.2, 0) is 4.89 Å². The number of terminal acetylenes is 1. The van der Waals surface area contributed by atoms with Crippen LogP contribution in [0.5, 0.6) is 0 Å². The lowest BCUT2D eigenvalue weighted by molar-refractivity contribution is -0.229. The van der Waals surface area contributed by atoms with Crippen LogP contribution in [0.25, 0.3) is 0 Å². The summed E-state index contributed by atoms with van der Waals surface area (Å²) in [5.74, 6) is 2.05. The van der Waals surface area contributed by atoms with E-state index in [0.717, 1.165) is 0 Å². The summed E-state index contributed by atoms with van der Waals surface area (Å²) in [6, 6.07) is 0. The monoisotopic (exact) mass is 72.0 g/mol. The quantitative estimate of drug-likeness (QED) is 0.270. The summed E-state index contributed by atoms with van der Waals surface area (Å²) in [5.41, 5.74) is 0. The van der Waals surface area contributed by atoms with Gasteiger partial charge in [0.25, 0.3) is 0 Å². The highest BCUT2D eigenvalue weighted by Crippen LogP contribution is 1.53. The van der Waals surface area contributed by atoms with Crippen LogP contribution in [0.4, 0.5) is 0 Å². The average Bonchev–Trinajstić information content (AvgIpc) is 1.41. The zero-order chi connectivity index (χ0) is 4.12. The Morgan fingerprint density at radius 3 is 2.60 bits per heavy atom. The first-order valence-electron chi connectivity index (χ1n) is 1.11. The van der Waals surface area contributed by atoms with Gasteiger partial charge in [0, 0.05) is 0 Å². The smallest absolute Gasteiger partial charge is 0.142 e. The fraction of sp³-hybridized carbons (Fsp3) is 0.333. The molecule has 28 valence electrons. The van der Waals surface area contributed by atoms with Crippen molar-refractivity contribution in [2.45, 2.75) is 0 Å². The van der Waals surface area contributed by atoms with Crippen molar-refractivity contribution in [3.63, 3.8) is 0 Å². The number of hydrogen-bond donors (Lipinski definition) is 1. The van der Waals surface area contributed by atoms with Gasteiger partial charge in [-0.1, -0.05) is 5.92 Å². The molecule has 0 aliphatic rings. The lowest BCUT2D eigenvalue weighted by atomic mass is 10.8. The Labute approximate surface area is 30.3 Å². The third-order valence-corrected chi connectivity index (χ3v) is 0.148. The summed E-state index contributed by atoms with van der Waals surface area (Å²) in [5, 5.41) is 7.42. The molecule has 0 fully saturated rings. The molecule has 0 radical (unpaired) electrons. The molecule has 5 heavy (non-hydrogen) atoms. The van der Waals surface area contributed by atoms with Crippen LogP contribution in [0.3, 0.4) is 0 Å². The molecule has 2 heteroatoms. The molecule has 0 rings (SSSR count). The third kappa shape index (κ3) is 3.48. The Kier molecular flexibility index (Phi) is 3.12. The average molecular weight is 72.1 g/mol. The van der Waals surface area contributed by atoms with Gasteiger partial charge in [0.1, 0.15) is 6.61 Å². The minimum absolute atomic E-state index is 0.0278. The van der Waals surface area contributed by atoms with Gasteiger partial charge in [-0.25, -0.2) is 4.89 Å². The summed E-state index contributed by atoms with van der Waals surface area (Å²) in [6.07, 6.45) is 4.60. The molecular formula is C3H4O2. The molecule has 0 aliphatic heterocycles. The molecule has 0 aromatic carbocycles. The molecule has 2 nitrogen and oxygen atoms in total. The van der Waals surface area contributed by atoms with Crippen molar-refractivity contribution in [1.82, 2.24) is 0 Å². The maximum atomic E-state index is 7.42. The normalized spacial score (nSPS) is 6.40. The van der Waals surface area contributed by atoms with E-state index in [1.807, 2.05) is 5.92 Å². The fourth-order valence-corrected chi connectivity index (χ4v) is 0.0373. The molecule has 0 spiro atoms.